The minimum Gasteiger partial charge on any atom is -0.319 e. The molecule has 0 saturated carbocycles. The third kappa shape index (κ3) is 4.20. The van der Waals surface area contributed by atoms with E-state index < -0.39 is 0 Å². The first-order valence-electron chi connectivity index (χ1n) is 9.18. The molecule has 3 aromatic carbocycles. The SMILES string of the molecule is Cc1ccc(-c2nc(C(=O)Nc3cccc(C)c3)nn2-c2ccc(Cl)cc2)cc1. The van der Waals surface area contributed by atoms with E-state index in [2.05, 4.69) is 15.4 Å². The van der Waals surface area contributed by atoms with E-state index in [1.807, 2.05) is 74.5 Å². The number of hydrogen-bond acceptors (Lipinski definition) is 3. The molecule has 0 saturated heterocycles. The van der Waals surface area contributed by atoms with E-state index in [0.717, 1.165) is 22.4 Å². The molecule has 0 atom stereocenters. The number of aryl methyl sites for hydroxylation is 2. The van der Waals surface area contributed by atoms with Gasteiger partial charge < -0.3 is 5.32 Å². The fourth-order valence-electron chi connectivity index (χ4n) is 2.97. The summed E-state index contributed by atoms with van der Waals surface area (Å²) in [7, 11) is 0. The summed E-state index contributed by atoms with van der Waals surface area (Å²) < 4.78 is 1.66. The topological polar surface area (TPSA) is 59.8 Å². The van der Waals surface area contributed by atoms with Crippen LogP contribution >= 0.6 is 11.6 Å². The first kappa shape index (κ1) is 18.9. The average molecular weight is 403 g/mol. The average Bonchev–Trinajstić information content (AvgIpc) is 3.15. The second kappa shape index (κ2) is 7.89. The van der Waals surface area contributed by atoms with Crippen molar-refractivity contribution in [3.05, 3.63) is 94.8 Å². The quantitative estimate of drug-likeness (QED) is 0.493. The monoisotopic (exact) mass is 402 g/mol. The van der Waals surface area contributed by atoms with Crippen molar-refractivity contribution < 1.29 is 4.79 Å². The number of amides is 1. The van der Waals surface area contributed by atoms with Crippen molar-refractivity contribution in [3.63, 3.8) is 0 Å². The molecule has 0 aliphatic carbocycles. The van der Waals surface area contributed by atoms with E-state index in [-0.39, 0.29) is 11.7 Å². The Bertz CT molecular complexity index is 1100. The third-order valence-corrected chi connectivity index (χ3v) is 4.72. The zero-order chi connectivity index (χ0) is 20.4. The maximum Gasteiger partial charge on any atom is 0.295 e. The molecule has 144 valence electrons. The zero-order valence-corrected chi connectivity index (χ0v) is 16.8. The summed E-state index contributed by atoms with van der Waals surface area (Å²) in [6.07, 6.45) is 0. The number of hydrogen-bond donors (Lipinski definition) is 1. The normalized spacial score (nSPS) is 10.7. The Morgan fingerprint density at radius 3 is 2.34 bits per heavy atom. The van der Waals surface area contributed by atoms with Crippen molar-refractivity contribution in [1.29, 1.82) is 0 Å². The van der Waals surface area contributed by atoms with Crippen LogP contribution in [0.3, 0.4) is 0 Å². The van der Waals surface area contributed by atoms with Crippen LogP contribution < -0.4 is 5.32 Å². The molecular formula is C23H19ClN4O. The van der Waals surface area contributed by atoms with Gasteiger partial charge in [-0.2, -0.15) is 0 Å². The van der Waals surface area contributed by atoms with E-state index in [1.165, 1.54) is 0 Å². The molecule has 0 radical (unpaired) electrons. The zero-order valence-electron chi connectivity index (χ0n) is 16.1. The van der Waals surface area contributed by atoms with E-state index in [1.54, 1.807) is 16.8 Å². The summed E-state index contributed by atoms with van der Waals surface area (Å²) >= 11 is 6.02. The fourth-order valence-corrected chi connectivity index (χ4v) is 3.10. The van der Waals surface area contributed by atoms with Crippen molar-refractivity contribution in [1.82, 2.24) is 14.8 Å². The highest BCUT2D eigenvalue weighted by atomic mass is 35.5. The number of nitrogens with zero attached hydrogens (tertiary/aromatic N) is 3. The molecule has 5 nitrogen and oxygen atoms in total. The van der Waals surface area contributed by atoms with Gasteiger partial charge in [-0.1, -0.05) is 53.6 Å². The Kier molecular flexibility index (Phi) is 5.14. The van der Waals surface area contributed by atoms with Crippen LogP contribution in [0.5, 0.6) is 0 Å². The lowest BCUT2D eigenvalue weighted by Gasteiger charge is -2.06. The molecule has 4 rings (SSSR count). The molecule has 1 aromatic heterocycles. The van der Waals surface area contributed by atoms with Gasteiger partial charge >= 0.3 is 0 Å². The lowest BCUT2D eigenvalue weighted by molar-refractivity contribution is 0.101. The molecule has 1 N–H and O–H groups in total. The van der Waals surface area contributed by atoms with Gasteiger partial charge in [-0.05, 0) is 55.8 Å². The minimum absolute atomic E-state index is 0.0945. The summed E-state index contributed by atoms with van der Waals surface area (Å²) in [5.74, 6) is 0.315. The van der Waals surface area contributed by atoms with E-state index in [0.29, 0.717) is 16.5 Å². The third-order valence-electron chi connectivity index (χ3n) is 4.47. The number of nitrogens with one attached hydrogen (secondary N) is 1. The highest BCUT2D eigenvalue weighted by Gasteiger charge is 2.19. The Balaban J connectivity index is 1.75. The smallest absolute Gasteiger partial charge is 0.295 e. The van der Waals surface area contributed by atoms with Crippen LogP contribution in [-0.4, -0.2) is 20.7 Å². The molecule has 1 amide bonds. The summed E-state index contributed by atoms with van der Waals surface area (Å²) in [5, 5.41) is 7.97. The van der Waals surface area contributed by atoms with Gasteiger partial charge in [0.05, 0.1) is 5.69 Å². The largest absolute Gasteiger partial charge is 0.319 e. The van der Waals surface area contributed by atoms with E-state index in [4.69, 9.17) is 11.6 Å². The van der Waals surface area contributed by atoms with Gasteiger partial charge in [0, 0.05) is 16.3 Å². The number of anilines is 1. The van der Waals surface area contributed by atoms with Gasteiger partial charge in [-0.25, -0.2) is 9.67 Å². The van der Waals surface area contributed by atoms with Crippen LogP contribution in [0.2, 0.25) is 5.02 Å². The van der Waals surface area contributed by atoms with Crippen molar-refractivity contribution in [2.75, 3.05) is 5.32 Å². The first-order valence-corrected chi connectivity index (χ1v) is 9.55. The van der Waals surface area contributed by atoms with E-state index >= 15 is 0 Å². The van der Waals surface area contributed by atoms with Gasteiger partial charge in [-0.15, -0.1) is 5.10 Å². The summed E-state index contributed by atoms with van der Waals surface area (Å²) in [4.78, 5) is 17.3. The van der Waals surface area contributed by atoms with Gasteiger partial charge in [0.15, 0.2) is 5.82 Å². The number of aromatic nitrogens is 3. The predicted octanol–water partition coefficient (Wildman–Crippen LogP) is 5.46. The maximum atomic E-state index is 12.8. The molecule has 0 spiro atoms. The summed E-state index contributed by atoms with van der Waals surface area (Å²) in [6.45, 7) is 3.99. The highest BCUT2D eigenvalue weighted by Crippen LogP contribution is 2.23. The maximum absolute atomic E-state index is 12.8. The second-order valence-electron chi connectivity index (χ2n) is 6.84. The Hall–Kier alpha value is -3.44. The first-order chi connectivity index (χ1) is 14.0. The second-order valence-corrected chi connectivity index (χ2v) is 7.27. The van der Waals surface area contributed by atoms with Crippen LogP contribution in [0.1, 0.15) is 21.7 Å². The Morgan fingerprint density at radius 2 is 1.66 bits per heavy atom. The van der Waals surface area contributed by atoms with Crippen LogP contribution in [-0.2, 0) is 0 Å². The van der Waals surface area contributed by atoms with Crippen molar-refractivity contribution in [2.45, 2.75) is 13.8 Å². The number of rotatable bonds is 4. The molecule has 0 aliphatic rings. The van der Waals surface area contributed by atoms with Gasteiger partial charge in [0.2, 0.25) is 5.82 Å². The molecule has 0 bridgehead atoms. The van der Waals surface area contributed by atoms with Gasteiger partial charge in [0.25, 0.3) is 5.91 Å². The molecule has 6 heteroatoms. The highest BCUT2D eigenvalue weighted by molar-refractivity contribution is 6.30. The number of halogens is 1. The van der Waals surface area contributed by atoms with Crippen LogP contribution in [0.4, 0.5) is 5.69 Å². The summed E-state index contributed by atoms with van der Waals surface area (Å²) in [6, 6.07) is 22.8. The van der Waals surface area contributed by atoms with Gasteiger partial charge in [0.1, 0.15) is 0 Å². The standard InChI is InChI=1S/C23H19ClN4O/c1-15-6-8-17(9-7-15)22-26-21(23(29)25-19-5-3-4-16(2)14-19)27-28(22)20-12-10-18(24)11-13-20/h3-14H,1-2H3,(H,25,29). The lowest BCUT2D eigenvalue weighted by Crippen LogP contribution is -2.14. The molecular weight excluding hydrogens is 384 g/mol. The van der Waals surface area contributed by atoms with Crippen LogP contribution in [0.25, 0.3) is 17.1 Å². The van der Waals surface area contributed by atoms with E-state index in [9.17, 15) is 4.79 Å². The Labute approximate surface area is 174 Å². The van der Waals surface area contributed by atoms with Crippen molar-refractivity contribution in [2.24, 2.45) is 0 Å². The van der Waals surface area contributed by atoms with Crippen molar-refractivity contribution in [3.8, 4) is 17.1 Å². The number of benzene rings is 3. The molecule has 1 heterocycles. The number of carbonyl (C=O) groups is 1. The fraction of sp³-hybridized carbons (Fsp3) is 0.0870. The molecule has 0 fully saturated rings. The van der Waals surface area contributed by atoms with Crippen LogP contribution in [0, 0.1) is 13.8 Å². The molecule has 0 unspecified atom stereocenters. The minimum atomic E-state index is -0.364. The molecule has 4 aromatic rings. The van der Waals surface area contributed by atoms with Gasteiger partial charge in [-0.3, -0.25) is 4.79 Å². The summed E-state index contributed by atoms with van der Waals surface area (Å²) in [5.41, 5.74) is 4.54. The Morgan fingerprint density at radius 1 is 0.931 bits per heavy atom. The number of carbonyl (C=O) groups excluding carboxylic acids is 1. The molecule has 0 aliphatic heterocycles. The molecule has 29 heavy (non-hydrogen) atoms. The van der Waals surface area contributed by atoms with Crippen LogP contribution in [0.15, 0.2) is 72.8 Å². The van der Waals surface area contributed by atoms with Crippen molar-refractivity contribution >= 4 is 23.2 Å². The lowest BCUT2D eigenvalue weighted by atomic mass is 10.1. The predicted molar refractivity (Wildman–Crippen MR) is 116 cm³/mol.